The molecule has 0 bridgehead atoms. The monoisotopic (exact) mass is 296 g/mol. The van der Waals surface area contributed by atoms with Crippen molar-refractivity contribution in [3.8, 4) is 0 Å². The molecule has 2 saturated heterocycles. The summed E-state index contributed by atoms with van der Waals surface area (Å²) in [7, 11) is 0. The highest BCUT2D eigenvalue weighted by molar-refractivity contribution is 6.31. The summed E-state index contributed by atoms with van der Waals surface area (Å²) in [5.41, 5.74) is -0.196. The molecule has 1 aromatic rings. The maximum absolute atomic E-state index is 14.1. The topological polar surface area (TPSA) is 32.3 Å². The van der Waals surface area contributed by atoms with Crippen molar-refractivity contribution in [1.82, 2.24) is 10.2 Å². The fourth-order valence-corrected chi connectivity index (χ4v) is 3.76. The van der Waals surface area contributed by atoms with Crippen molar-refractivity contribution in [2.45, 2.75) is 19.4 Å². The maximum atomic E-state index is 14.1. The molecule has 20 heavy (non-hydrogen) atoms. The van der Waals surface area contributed by atoms with Crippen molar-refractivity contribution in [2.75, 3.05) is 19.6 Å². The molecule has 2 aliphatic rings. The van der Waals surface area contributed by atoms with E-state index in [-0.39, 0.29) is 22.0 Å². The minimum Gasteiger partial charge on any atom is -0.333 e. The average Bonchev–Trinajstić information content (AvgIpc) is 2.95. The van der Waals surface area contributed by atoms with Gasteiger partial charge in [-0.2, -0.15) is 0 Å². The molecule has 3 rings (SSSR count). The van der Waals surface area contributed by atoms with Crippen molar-refractivity contribution in [1.29, 1.82) is 0 Å². The number of nitrogens with zero attached hydrogens (tertiary/aromatic N) is 1. The molecule has 1 aromatic carbocycles. The fourth-order valence-electron chi connectivity index (χ4n) is 3.58. The van der Waals surface area contributed by atoms with E-state index in [4.69, 9.17) is 11.6 Å². The van der Waals surface area contributed by atoms with Crippen LogP contribution in [0, 0.1) is 17.7 Å². The van der Waals surface area contributed by atoms with Gasteiger partial charge in [0.25, 0.3) is 5.91 Å². The van der Waals surface area contributed by atoms with Crippen LogP contribution in [0.5, 0.6) is 0 Å². The Balaban J connectivity index is 1.93. The first kappa shape index (κ1) is 13.8. The van der Waals surface area contributed by atoms with E-state index in [1.54, 1.807) is 11.0 Å². The van der Waals surface area contributed by atoms with Gasteiger partial charge < -0.3 is 10.2 Å². The second kappa shape index (κ2) is 4.71. The Morgan fingerprint density at radius 3 is 2.90 bits per heavy atom. The number of hydrogen-bond donors (Lipinski definition) is 1. The van der Waals surface area contributed by atoms with Crippen LogP contribution in [0.1, 0.15) is 24.2 Å². The minimum absolute atomic E-state index is 0.00489. The van der Waals surface area contributed by atoms with Gasteiger partial charge in [-0.15, -0.1) is 0 Å². The SMILES string of the molecule is CC1(C)C2CNCC2CN1C(=O)c1cccc(Cl)c1F. The molecule has 1 amide bonds. The Labute approximate surface area is 123 Å². The second-order valence-corrected chi connectivity index (χ2v) is 6.60. The highest BCUT2D eigenvalue weighted by Crippen LogP contribution is 2.41. The van der Waals surface area contributed by atoms with Crippen molar-refractivity contribution in [3.63, 3.8) is 0 Å². The maximum Gasteiger partial charge on any atom is 0.257 e. The number of benzene rings is 1. The van der Waals surface area contributed by atoms with Gasteiger partial charge in [0.05, 0.1) is 10.6 Å². The normalized spacial score (nSPS) is 27.7. The Morgan fingerprint density at radius 1 is 1.45 bits per heavy atom. The minimum atomic E-state index is -0.620. The lowest BCUT2D eigenvalue weighted by Crippen LogP contribution is -2.47. The first-order chi connectivity index (χ1) is 9.43. The molecule has 0 aliphatic carbocycles. The van der Waals surface area contributed by atoms with Crippen molar-refractivity contribution in [3.05, 3.63) is 34.6 Å². The summed E-state index contributed by atoms with van der Waals surface area (Å²) in [5, 5.41) is 3.36. The average molecular weight is 297 g/mol. The van der Waals surface area contributed by atoms with Gasteiger partial charge in [0.15, 0.2) is 5.82 Å². The summed E-state index contributed by atoms with van der Waals surface area (Å²) >= 11 is 5.78. The molecule has 2 unspecified atom stereocenters. The van der Waals surface area contributed by atoms with Crippen LogP contribution in [0.2, 0.25) is 5.02 Å². The quantitative estimate of drug-likeness (QED) is 0.864. The van der Waals surface area contributed by atoms with Crippen LogP contribution >= 0.6 is 11.6 Å². The molecular weight excluding hydrogens is 279 g/mol. The molecule has 2 fully saturated rings. The Kier molecular flexibility index (Phi) is 3.26. The molecule has 0 aromatic heterocycles. The Bertz CT molecular complexity index is 561. The van der Waals surface area contributed by atoms with E-state index >= 15 is 0 Å². The summed E-state index contributed by atoms with van der Waals surface area (Å²) in [6.45, 7) is 6.64. The van der Waals surface area contributed by atoms with Crippen LogP contribution in [-0.4, -0.2) is 36.0 Å². The third kappa shape index (κ3) is 1.93. The van der Waals surface area contributed by atoms with Gasteiger partial charge in [-0.05, 0) is 37.8 Å². The predicted molar refractivity (Wildman–Crippen MR) is 76.4 cm³/mol. The third-order valence-electron chi connectivity index (χ3n) is 4.79. The van der Waals surface area contributed by atoms with Gasteiger partial charge in [0.2, 0.25) is 0 Å². The number of rotatable bonds is 1. The number of halogens is 2. The van der Waals surface area contributed by atoms with Crippen molar-refractivity contribution < 1.29 is 9.18 Å². The summed E-state index contributed by atoms with van der Waals surface area (Å²) in [6, 6.07) is 4.58. The van der Waals surface area contributed by atoms with E-state index < -0.39 is 5.82 Å². The van der Waals surface area contributed by atoms with Crippen molar-refractivity contribution in [2.24, 2.45) is 11.8 Å². The smallest absolute Gasteiger partial charge is 0.257 e. The van der Waals surface area contributed by atoms with Gasteiger partial charge in [0, 0.05) is 25.2 Å². The van der Waals surface area contributed by atoms with Crippen LogP contribution in [0.15, 0.2) is 18.2 Å². The predicted octanol–water partition coefficient (Wildman–Crippen LogP) is 2.55. The Hall–Kier alpha value is -1.13. The lowest BCUT2D eigenvalue weighted by molar-refractivity contribution is 0.0598. The zero-order chi connectivity index (χ0) is 14.5. The fraction of sp³-hybridized carbons (Fsp3) is 0.533. The van der Waals surface area contributed by atoms with Gasteiger partial charge in [-0.3, -0.25) is 4.79 Å². The molecule has 0 saturated carbocycles. The number of carbonyl (C=O) groups excluding carboxylic acids is 1. The van der Waals surface area contributed by atoms with Crippen LogP contribution in [0.25, 0.3) is 0 Å². The van der Waals surface area contributed by atoms with E-state index in [2.05, 4.69) is 19.2 Å². The highest BCUT2D eigenvalue weighted by atomic mass is 35.5. The van der Waals surface area contributed by atoms with E-state index in [0.717, 1.165) is 13.1 Å². The molecule has 2 heterocycles. The van der Waals surface area contributed by atoms with E-state index in [1.807, 2.05) is 0 Å². The molecule has 2 aliphatic heterocycles. The largest absolute Gasteiger partial charge is 0.333 e. The van der Waals surface area contributed by atoms with Crippen LogP contribution < -0.4 is 5.32 Å². The number of amides is 1. The molecule has 2 atom stereocenters. The first-order valence-electron chi connectivity index (χ1n) is 6.89. The summed E-state index contributed by atoms with van der Waals surface area (Å²) < 4.78 is 14.1. The van der Waals surface area contributed by atoms with Crippen LogP contribution in [0.4, 0.5) is 4.39 Å². The summed E-state index contributed by atoms with van der Waals surface area (Å²) in [6.07, 6.45) is 0. The number of carbonyl (C=O) groups is 1. The third-order valence-corrected chi connectivity index (χ3v) is 5.08. The standard InChI is InChI=1S/C15H18ClFN2O/c1-15(2)11-7-18-6-9(11)8-19(15)14(20)10-4-3-5-12(16)13(10)17/h3-5,9,11,18H,6-8H2,1-2H3. The van der Waals surface area contributed by atoms with Gasteiger partial charge in [-0.25, -0.2) is 4.39 Å². The van der Waals surface area contributed by atoms with E-state index in [0.29, 0.717) is 18.4 Å². The van der Waals surface area contributed by atoms with Gasteiger partial charge in [-0.1, -0.05) is 17.7 Å². The molecule has 0 radical (unpaired) electrons. The van der Waals surface area contributed by atoms with Crippen molar-refractivity contribution >= 4 is 17.5 Å². The number of hydrogen-bond acceptors (Lipinski definition) is 2. The van der Waals surface area contributed by atoms with E-state index in [9.17, 15) is 9.18 Å². The van der Waals surface area contributed by atoms with Gasteiger partial charge in [0.1, 0.15) is 0 Å². The Morgan fingerprint density at radius 2 is 2.20 bits per heavy atom. The zero-order valence-electron chi connectivity index (χ0n) is 11.6. The zero-order valence-corrected chi connectivity index (χ0v) is 12.4. The second-order valence-electron chi connectivity index (χ2n) is 6.20. The summed E-state index contributed by atoms with van der Waals surface area (Å²) in [5.74, 6) is -0.000517. The molecule has 1 N–H and O–H groups in total. The molecule has 3 nitrogen and oxygen atoms in total. The van der Waals surface area contributed by atoms with Crippen LogP contribution in [-0.2, 0) is 0 Å². The van der Waals surface area contributed by atoms with E-state index in [1.165, 1.54) is 12.1 Å². The lowest BCUT2D eigenvalue weighted by atomic mass is 9.84. The molecule has 108 valence electrons. The molecular formula is C15H18ClFN2O. The summed E-state index contributed by atoms with van der Waals surface area (Å²) in [4.78, 5) is 14.5. The molecule has 0 spiro atoms. The number of nitrogens with one attached hydrogen (secondary N) is 1. The van der Waals surface area contributed by atoms with Gasteiger partial charge >= 0.3 is 0 Å². The number of fused-ring (bicyclic) bond motifs is 1. The number of likely N-dealkylation sites (tertiary alicyclic amines) is 1. The first-order valence-corrected chi connectivity index (χ1v) is 7.27. The molecule has 5 heteroatoms. The lowest BCUT2D eigenvalue weighted by Gasteiger charge is -2.35. The highest BCUT2D eigenvalue weighted by Gasteiger charge is 2.51. The van der Waals surface area contributed by atoms with Crippen LogP contribution in [0.3, 0.4) is 0 Å².